The first-order valence-electron chi connectivity index (χ1n) is 11.4. The highest BCUT2D eigenvalue weighted by Gasteiger charge is 2.30. The summed E-state index contributed by atoms with van der Waals surface area (Å²) in [5, 5.41) is 11.1. The molecule has 0 radical (unpaired) electrons. The maximum absolute atomic E-state index is 13.4. The minimum atomic E-state index is -0.587. The average molecular weight is 466 g/mol. The number of methoxy groups -OCH3 is 1. The molecule has 4 rings (SSSR count). The highest BCUT2D eigenvalue weighted by molar-refractivity contribution is 6.13. The lowest BCUT2D eigenvalue weighted by molar-refractivity contribution is 0.102. The van der Waals surface area contributed by atoms with E-state index in [1.807, 2.05) is 17.7 Å². The van der Waals surface area contributed by atoms with Crippen molar-refractivity contribution in [2.75, 3.05) is 31.0 Å². The van der Waals surface area contributed by atoms with Crippen LogP contribution in [0.2, 0.25) is 0 Å². The average Bonchev–Trinajstić information content (AvgIpc) is 3.56. The molecule has 0 saturated heterocycles. The van der Waals surface area contributed by atoms with Crippen LogP contribution in [0, 0.1) is 6.92 Å². The van der Waals surface area contributed by atoms with Crippen molar-refractivity contribution in [3.8, 4) is 0 Å². The molecular formula is C25H31N5O4. The molecule has 2 amide bonds. The van der Waals surface area contributed by atoms with Crippen molar-refractivity contribution in [2.45, 2.75) is 52.0 Å². The lowest BCUT2D eigenvalue weighted by Crippen LogP contribution is -2.23. The Morgan fingerprint density at radius 2 is 1.82 bits per heavy atom. The number of anilines is 2. The lowest BCUT2D eigenvalue weighted by atomic mass is 10.1. The van der Waals surface area contributed by atoms with Gasteiger partial charge in [0.1, 0.15) is 6.61 Å². The van der Waals surface area contributed by atoms with Gasteiger partial charge in [0.25, 0.3) is 5.91 Å². The number of carbonyl (C=O) groups excluding carboxylic acids is 2. The summed E-state index contributed by atoms with van der Waals surface area (Å²) in [5.74, 6) is 0.141. The van der Waals surface area contributed by atoms with Crippen molar-refractivity contribution in [1.82, 2.24) is 14.8 Å². The molecular weight excluding hydrogens is 434 g/mol. The molecule has 0 unspecified atom stereocenters. The van der Waals surface area contributed by atoms with Gasteiger partial charge in [0, 0.05) is 30.1 Å². The molecule has 1 fully saturated rings. The molecule has 1 aliphatic carbocycles. The molecule has 0 spiro atoms. The van der Waals surface area contributed by atoms with Gasteiger partial charge in [-0.2, -0.15) is 5.10 Å². The van der Waals surface area contributed by atoms with E-state index in [0.717, 1.165) is 35.3 Å². The van der Waals surface area contributed by atoms with Crippen LogP contribution in [0.25, 0.3) is 11.0 Å². The van der Waals surface area contributed by atoms with Crippen molar-refractivity contribution >= 4 is 34.4 Å². The number of nitrogens with one attached hydrogen (secondary N) is 2. The Balaban J connectivity index is 1.61. The van der Waals surface area contributed by atoms with Gasteiger partial charge < -0.3 is 14.8 Å². The Labute approximate surface area is 198 Å². The first-order chi connectivity index (χ1) is 16.2. The lowest BCUT2D eigenvalue weighted by Gasteiger charge is -2.20. The number of benzene rings is 1. The maximum Gasteiger partial charge on any atom is 0.411 e. The van der Waals surface area contributed by atoms with Crippen molar-refractivity contribution < 1.29 is 19.1 Å². The van der Waals surface area contributed by atoms with Gasteiger partial charge in [-0.05, 0) is 64.8 Å². The molecule has 2 aromatic heterocycles. The van der Waals surface area contributed by atoms with E-state index >= 15 is 0 Å². The van der Waals surface area contributed by atoms with Crippen LogP contribution in [0.5, 0.6) is 0 Å². The maximum atomic E-state index is 13.4. The molecule has 1 saturated carbocycles. The van der Waals surface area contributed by atoms with Gasteiger partial charge in [-0.1, -0.05) is 6.07 Å². The molecule has 2 N–H and O–H groups in total. The van der Waals surface area contributed by atoms with Gasteiger partial charge in [-0.3, -0.25) is 10.1 Å². The van der Waals surface area contributed by atoms with E-state index in [1.165, 1.54) is 7.11 Å². The second-order valence-corrected chi connectivity index (χ2v) is 9.52. The number of ether oxygens (including phenoxy) is 2. The quantitative estimate of drug-likeness (QED) is 0.485. The Morgan fingerprint density at radius 3 is 2.47 bits per heavy atom. The van der Waals surface area contributed by atoms with E-state index in [4.69, 9.17) is 19.6 Å². The summed E-state index contributed by atoms with van der Waals surface area (Å²) in [6.07, 6.45) is 1.57. The molecule has 9 heteroatoms. The van der Waals surface area contributed by atoms with Crippen molar-refractivity contribution in [2.24, 2.45) is 0 Å². The monoisotopic (exact) mass is 465 g/mol. The highest BCUT2D eigenvalue weighted by Crippen LogP contribution is 2.41. The Kier molecular flexibility index (Phi) is 6.56. The standard InChI is InChI=1S/C25H31N5O4/c1-15-21-19(14-20(16-9-10-16)28-22(21)30(29-15)25(2,3)4)23(31)26-17-7-6-8-18(13-17)27-24(32)34-12-11-33-5/h6-8,13-14,16H,9-12H2,1-5H3,(H,26,31)(H,27,32). The Bertz CT molecular complexity index is 1220. The molecule has 2 heterocycles. The predicted molar refractivity (Wildman–Crippen MR) is 130 cm³/mol. The number of pyridine rings is 1. The SMILES string of the molecule is COCCOC(=O)Nc1cccc(NC(=O)c2cc(C3CC3)nc3c2c(C)nn3C(C)(C)C)c1. The first kappa shape index (κ1) is 23.7. The minimum absolute atomic E-state index is 0.154. The number of nitrogens with zero attached hydrogens (tertiary/aromatic N) is 3. The van der Waals surface area contributed by atoms with Crippen LogP contribution in [0.15, 0.2) is 30.3 Å². The zero-order valence-corrected chi connectivity index (χ0v) is 20.3. The Hall–Kier alpha value is -3.46. The summed E-state index contributed by atoms with van der Waals surface area (Å²) < 4.78 is 11.8. The topological polar surface area (TPSA) is 107 Å². The van der Waals surface area contributed by atoms with E-state index < -0.39 is 6.09 Å². The van der Waals surface area contributed by atoms with Crippen molar-refractivity contribution in [1.29, 1.82) is 0 Å². The van der Waals surface area contributed by atoms with Gasteiger partial charge in [0.05, 0.1) is 28.8 Å². The number of carbonyl (C=O) groups is 2. The van der Waals surface area contributed by atoms with Crippen LogP contribution in [0.3, 0.4) is 0 Å². The summed E-state index contributed by atoms with van der Waals surface area (Å²) in [6.45, 7) is 8.59. The van der Waals surface area contributed by atoms with E-state index in [0.29, 0.717) is 29.5 Å². The predicted octanol–water partition coefficient (Wildman–Crippen LogP) is 4.82. The van der Waals surface area contributed by atoms with Crippen LogP contribution in [-0.4, -0.2) is 47.1 Å². The normalized spacial score (nSPS) is 13.7. The molecule has 0 atom stereocenters. The fourth-order valence-electron chi connectivity index (χ4n) is 3.79. The molecule has 180 valence electrons. The van der Waals surface area contributed by atoms with Crippen LogP contribution < -0.4 is 10.6 Å². The molecule has 34 heavy (non-hydrogen) atoms. The van der Waals surface area contributed by atoms with E-state index in [9.17, 15) is 9.59 Å². The second kappa shape index (κ2) is 9.42. The van der Waals surface area contributed by atoms with Crippen molar-refractivity contribution in [3.63, 3.8) is 0 Å². The molecule has 0 bridgehead atoms. The van der Waals surface area contributed by atoms with Gasteiger partial charge in [0.2, 0.25) is 0 Å². The molecule has 1 aliphatic rings. The number of aryl methyl sites for hydroxylation is 1. The second-order valence-electron chi connectivity index (χ2n) is 9.52. The molecule has 9 nitrogen and oxygen atoms in total. The summed E-state index contributed by atoms with van der Waals surface area (Å²) in [4.78, 5) is 30.3. The first-order valence-corrected chi connectivity index (χ1v) is 11.4. The highest BCUT2D eigenvalue weighted by atomic mass is 16.6. The van der Waals surface area contributed by atoms with Gasteiger partial charge in [-0.25, -0.2) is 14.5 Å². The summed E-state index contributed by atoms with van der Waals surface area (Å²) in [7, 11) is 1.53. The third kappa shape index (κ3) is 5.20. The zero-order valence-electron chi connectivity index (χ0n) is 20.3. The van der Waals surface area contributed by atoms with Gasteiger partial charge in [-0.15, -0.1) is 0 Å². The molecule has 1 aromatic carbocycles. The third-order valence-electron chi connectivity index (χ3n) is 5.60. The number of rotatable bonds is 7. The summed E-state index contributed by atoms with van der Waals surface area (Å²) in [6, 6.07) is 8.82. The summed E-state index contributed by atoms with van der Waals surface area (Å²) >= 11 is 0. The third-order valence-corrected chi connectivity index (χ3v) is 5.60. The Morgan fingerprint density at radius 1 is 1.12 bits per heavy atom. The zero-order chi connectivity index (χ0) is 24.5. The smallest absolute Gasteiger partial charge is 0.411 e. The fraction of sp³-hybridized carbons (Fsp3) is 0.440. The van der Waals surface area contributed by atoms with Crippen LogP contribution in [-0.2, 0) is 15.0 Å². The van der Waals surface area contributed by atoms with Crippen LogP contribution >= 0.6 is 0 Å². The van der Waals surface area contributed by atoms with E-state index in [2.05, 4.69) is 31.4 Å². The van der Waals surface area contributed by atoms with E-state index in [-0.39, 0.29) is 18.1 Å². The number of amides is 2. The number of aromatic nitrogens is 3. The van der Waals surface area contributed by atoms with Gasteiger partial charge in [0.15, 0.2) is 5.65 Å². The molecule has 3 aromatic rings. The van der Waals surface area contributed by atoms with Crippen molar-refractivity contribution in [3.05, 3.63) is 47.3 Å². The van der Waals surface area contributed by atoms with Crippen LogP contribution in [0.4, 0.5) is 16.2 Å². The number of hydrogen-bond donors (Lipinski definition) is 2. The molecule has 0 aliphatic heterocycles. The van der Waals surface area contributed by atoms with Gasteiger partial charge >= 0.3 is 6.09 Å². The minimum Gasteiger partial charge on any atom is -0.447 e. The number of fused-ring (bicyclic) bond motifs is 1. The largest absolute Gasteiger partial charge is 0.447 e. The summed E-state index contributed by atoms with van der Waals surface area (Å²) in [5.41, 5.74) is 3.77. The van der Waals surface area contributed by atoms with E-state index in [1.54, 1.807) is 24.3 Å². The fourth-order valence-corrected chi connectivity index (χ4v) is 3.79. The number of hydrogen-bond acceptors (Lipinski definition) is 6. The van der Waals surface area contributed by atoms with Crippen LogP contribution in [0.1, 0.15) is 61.3 Å².